The molecular weight excluding hydrogens is 329 g/mol. The van der Waals surface area contributed by atoms with Gasteiger partial charge in [0.15, 0.2) is 0 Å². The predicted octanol–water partition coefficient (Wildman–Crippen LogP) is 4.87. The van der Waals surface area contributed by atoms with Crippen LogP contribution in [0.25, 0.3) is 0 Å². The molecule has 0 saturated carbocycles. The molecule has 2 rings (SSSR count). The van der Waals surface area contributed by atoms with Crippen molar-refractivity contribution in [1.29, 1.82) is 0 Å². The van der Waals surface area contributed by atoms with Gasteiger partial charge in [0.2, 0.25) is 0 Å². The van der Waals surface area contributed by atoms with Gasteiger partial charge >= 0.3 is 0 Å². The molecule has 100 valence electrons. The molecule has 0 fully saturated rings. The van der Waals surface area contributed by atoms with E-state index in [-0.39, 0.29) is 5.82 Å². The quantitative estimate of drug-likeness (QED) is 0.766. The third kappa shape index (κ3) is 4.30. The van der Waals surface area contributed by atoms with Gasteiger partial charge in [-0.05, 0) is 58.4 Å². The monoisotopic (exact) mass is 341 g/mol. The van der Waals surface area contributed by atoms with Gasteiger partial charge in [0, 0.05) is 18.1 Å². The number of rotatable bonds is 4. The lowest BCUT2D eigenvalue weighted by atomic mass is 10.2. The summed E-state index contributed by atoms with van der Waals surface area (Å²) in [5.74, 6) is -0.235. The van der Waals surface area contributed by atoms with Gasteiger partial charge in [-0.15, -0.1) is 0 Å². The molecule has 0 bridgehead atoms. The second-order valence-electron chi connectivity index (χ2n) is 4.55. The molecule has 0 aromatic heterocycles. The lowest BCUT2D eigenvalue weighted by molar-refractivity contribution is 0.319. The first-order chi connectivity index (χ1) is 9.04. The minimum Gasteiger partial charge on any atom is -0.298 e. The summed E-state index contributed by atoms with van der Waals surface area (Å²) >= 11 is 9.16. The molecule has 0 N–H and O–H groups in total. The van der Waals surface area contributed by atoms with Crippen LogP contribution in [0.1, 0.15) is 11.1 Å². The number of nitrogens with zero attached hydrogens (tertiary/aromatic N) is 1. The van der Waals surface area contributed by atoms with E-state index < -0.39 is 0 Å². The Morgan fingerprint density at radius 2 is 1.79 bits per heavy atom. The molecule has 0 heterocycles. The van der Waals surface area contributed by atoms with Crippen molar-refractivity contribution in [2.75, 3.05) is 7.05 Å². The molecule has 19 heavy (non-hydrogen) atoms. The average Bonchev–Trinajstić information content (AvgIpc) is 2.34. The largest absolute Gasteiger partial charge is 0.298 e. The van der Waals surface area contributed by atoms with E-state index in [9.17, 15) is 4.39 Å². The summed E-state index contributed by atoms with van der Waals surface area (Å²) in [7, 11) is 2.03. The maximum atomic E-state index is 13.2. The normalized spacial score (nSPS) is 11.0. The Bertz CT molecular complexity index is 574. The smallest absolute Gasteiger partial charge is 0.137 e. The third-order valence-electron chi connectivity index (χ3n) is 2.78. The highest BCUT2D eigenvalue weighted by Gasteiger charge is 2.05. The van der Waals surface area contributed by atoms with Crippen molar-refractivity contribution in [1.82, 2.24) is 4.90 Å². The van der Waals surface area contributed by atoms with Crippen molar-refractivity contribution in [3.8, 4) is 0 Å². The lowest BCUT2D eigenvalue weighted by Crippen LogP contribution is -2.17. The van der Waals surface area contributed by atoms with Crippen LogP contribution in [0.5, 0.6) is 0 Å². The highest BCUT2D eigenvalue weighted by atomic mass is 79.9. The van der Waals surface area contributed by atoms with E-state index in [0.29, 0.717) is 4.47 Å². The highest BCUT2D eigenvalue weighted by molar-refractivity contribution is 9.10. The van der Waals surface area contributed by atoms with Gasteiger partial charge in [-0.2, -0.15) is 0 Å². The SMILES string of the molecule is CN(Cc1cccc(Cl)c1)Cc1ccc(F)c(Br)c1. The Morgan fingerprint density at radius 1 is 1.11 bits per heavy atom. The molecule has 2 aromatic rings. The van der Waals surface area contributed by atoms with E-state index in [1.165, 1.54) is 6.07 Å². The lowest BCUT2D eigenvalue weighted by Gasteiger charge is -2.17. The molecule has 0 spiro atoms. The number of halogens is 3. The van der Waals surface area contributed by atoms with Gasteiger partial charge in [0.25, 0.3) is 0 Å². The van der Waals surface area contributed by atoms with Crippen LogP contribution in [0.15, 0.2) is 46.9 Å². The molecule has 2 aromatic carbocycles. The molecule has 4 heteroatoms. The maximum absolute atomic E-state index is 13.2. The van der Waals surface area contributed by atoms with Crippen molar-refractivity contribution in [3.05, 3.63) is 68.9 Å². The van der Waals surface area contributed by atoms with Crippen LogP contribution in [0.3, 0.4) is 0 Å². The summed E-state index contributed by atoms with van der Waals surface area (Å²) in [6.07, 6.45) is 0. The first-order valence-electron chi connectivity index (χ1n) is 5.91. The van der Waals surface area contributed by atoms with Crippen LogP contribution < -0.4 is 0 Å². The van der Waals surface area contributed by atoms with Gasteiger partial charge in [-0.25, -0.2) is 4.39 Å². The Balaban J connectivity index is 2.01. The number of benzene rings is 2. The molecule has 0 aliphatic heterocycles. The van der Waals surface area contributed by atoms with Crippen molar-refractivity contribution in [3.63, 3.8) is 0 Å². The third-order valence-corrected chi connectivity index (χ3v) is 3.62. The van der Waals surface area contributed by atoms with Gasteiger partial charge in [-0.3, -0.25) is 4.90 Å². The Labute approximate surface area is 126 Å². The van der Waals surface area contributed by atoms with Crippen LogP contribution in [0.2, 0.25) is 5.02 Å². The predicted molar refractivity (Wildman–Crippen MR) is 80.7 cm³/mol. The van der Waals surface area contributed by atoms with Gasteiger partial charge in [0.1, 0.15) is 5.82 Å². The zero-order valence-electron chi connectivity index (χ0n) is 10.5. The molecule has 0 aliphatic rings. The van der Waals surface area contributed by atoms with Crippen LogP contribution in [0, 0.1) is 5.82 Å². The first kappa shape index (κ1) is 14.5. The Hall–Kier alpha value is -0.900. The van der Waals surface area contributed by atoms with Crippen LogP contribution in [-0.2, 0) is 13.1 Å². The van der Waals surface area contributed by atoms with E-state index in [0.717, 1.165) is 29.2 Å². The van der Waals surface area contributed by atoms with Crippen molar-refractivity contribution < 1.29 is 4.39 Å². The zero-order valence-corrected chi connectivity index (χ0v) is 12.9. The van der Waals surface area contributed by atoms with Gasteiger partial charge in [-0.1, -0.05) is 29.8 Å². The molecule has 0 aliphatic carbocycles. The maximum Gasteiger partial charge on any atom is 0.137 e. The highest BCUT2D eigenvalue weighted by Crippen LogP contribution is 2.18. The van der Waals surface area contributed by atoms with E-state index in [1.807, 2.05) is 37.4 Å². The van der Waals surface area contributed by atoms with E-state index in [4.69, 9.17) is 11.6 Å². The second-order valence-corrected chi connectivity index (χ2v) is 5.84. The number of hydrogen-bond donors (Lipinski definition) is 0. The van der Waals surface area contributed by atoms with E-state index >= 15 is 0 Å². The Kier molecular flexibility index (Phi) is 4.97. The van der Waals surface area contributed by atoms with Crippen molar-refractivity contribution in [2.45, 2.75) is 13.1 Å². The Morgan fingerprint density at radius 3 is 2.42 bits per heavy atom. The first-order valence-corrected chi connectivity index (χ1v) is 7.08. The van der Waals surface area contributed by atoms with Crippen molar-refractivity contribution in [2.24, 2.45) is 0 Å². The topological polar surface area (TPSA) is 3.24 Å². The molecule has 0 amide bonds. The average molecular weight is 343 g/mol. The minimum atomic E-state index is -0.235. The second kappa shape index (κ2) is 6.51. The van der Waals surface area contributed by atoms with Gasteiger partial charge in [0.05, 0.1) is 4.47 Å². The molecule has 0 saturated heterocycles. The fraction of sp³-hybridized carbons (Fsp3) is 0.200. The van der Waals surface area contributed by atoms with Crippen LogP contribution in [0.4, 0.5) is 4.39 Å². The van der Waals surface area contributed by atoms with E-state index in [2.05, 4.69) is 20.8 Å². The fourth-order valence-corrected chi connectivity index (χ4v) is 2.59. The summed E-state index contributed by atoms with van der Waals surface area (Å²) in [4.78, 5) is 2.16. The summed E-state index contributed by atoms with van der Waals surface area (Å²) in [6.45, 7) is 1.56. The van der Waals surface area contributed by atoms with Gasteiger partial charge < -0.3 is 0 Å². The number of hydrogen-bond acceptors (Lipinski definition) is 1. The zero-order chi connectivity index (χ0) is 13.8. The molecular formula is C15H14BrClFN. The summed E-state index contributed by atoms with van der Waals surface area (Å²) < 4.78 is 13.7. The molecule has 0 unspecified atom stereocenters. The summed E-state index contributed by atoms with van der Waals surface area (Å²) in [6, 6.07) is 12.9. The van der Waals surface area contributed by atoms with E-state index in [1.54, 1.807) is 6.07 Å². The van der Waals surface area contributed by atoms with Crippen LogP contribution in [-0.4, -0.2) is 11.9 Å². The van der Waals surface area contributed by atoms with Crippen molar-refractivity contribution >= 4 is 27.5 Å². The molecule has 1 nitrogen and oxygen atoms in total. The summed E-state index contributed by atoms with van der Waals surface area (Å²) in [5.41, 5.74) is 2.23. The molecule has 0 atom stereocenters. The molecule has 0 radical (unpaired) electrons. The summed E-state index contributed by atoms with van der Waals surface area (Å²) in [5, 5.41) is 0.746. The standard InChI is InChI=1S/C15H14BrClFN/c1-19(9-11-3-2-4-13(17)7-11)10-12-5-6-15(18)14(16)8-12/h2-8H,9-10H2,1H3. The van der Waals surface area contributed by atoms with Crippen LogP contribution >= 0.6 is 27.5 Å². The fourth-order valence-electron chi connectivity index (χ4n) is 1.95. The minimum absolute atomic E-state index is 0.235.